The van der Waals surface area contributed by atoms with Crippen molar-refractivity contribution in [1.29, 1.82) is 0 Å². The summed E-state index contributed by atoms with van der Waals surface area (Å²) in [5.74, 6) is -1.42. The van der Waals surface area contributed by atoms with Crippen molar-refractivity contribution >= 4 is 17.7 Å². The van der Waals surface area contributed by atoms with Crippen LogP contribution in [0.5, 0.6) is 5.75 Å². The first-order valence-electron chi connectivity index (χ1n) is 6.04. The van der Waals surface area contributed by atoms with E-state index < -0.39 is 5.97 Å². The summed E-state index contributed by atoms with van der Waals surface area (Å²) in [6.45, 7) is 1.25. The molecule has 0 unspecified atom stereocenters. The van der Waals surface area contributed by atoms with E-state index in [1.807, 2.05) is 19.0 Å². The van der Waals surface area contributed by atoms with Gasteiger partial charge in [0, 0.05) is 20.1 Å². The molecule has 20 heavy (non-hydrogen) atoms. The fraction of sp³-hybridized carbons (Fsp3) is 0.385. The molecule has 0 radical (unpaired) electrons. The molecule has 0 aromatic heterocycles. The predicted octanol–water partition coefficient (Wildman–Crippen LogP) is 1.12. The Labute approximate surface area is 117 Å². The van der Waals surface area contributed by atoms with E-state index in [0.29, 0.717) is 13.1 Å². The molecule has 0 saturated carbocycles. The normalized spacial score (nSPS) is 10.4. The van der Waals surface area contributed by atoms with Gasteiger partial charge in [-0.15, -0.1) is 0 Å². The second kappa shape index (κ2) is 6.76. The third kappa shape index (κ3) is 4.43. The van der Waals surface area contributed by atoms with Gasteiger partial charge in [0.15, 0.2) is 0 Å². The largest absolute Gasteiger partial charge is 0.506 e. The summed E-state index contributed by atoms with van der Waals surface area (Å²) in [5, 5.41) is 21.0. The maximum absolute atomic E-state index is 11.9. The molecule has 1 aromatic carbocycles. The number of amides is 2. The van der Waals surface area contributed by atoms with Crippen molar-refractivity contribution in [3.8, 4) is 5.75 Å². The number of hydrogen-bond donors (Lipinski definition) is 3. The monoisotopic (exact) mass is 281 g/mol. The van der Waals surface area contributed by atoms with Crippen LogP contribution in [0.25, 0.3) is 0 Å². The average Bonchev–Trinajstić information content (AvgIpc) is 2.37. The Hall–Kier alpha value is -2.28. The van der Waals surface area contributed by atoms with E-state index >= 15 is 0 Å². The van der Waals surface area contributed by atoms with E-state index in [1.165, 1.54) is 17.0 Å². The minimum Gasteiger partial charge on any atom is -0.506 e. The van der Waals surface area contributed by atoms with Gasteiger partial charge in [0.25, 0.3) is 0 Å². The molecule has 110 valence electrons. The molecule has 7 heteroatoms. The molecule has 0 bridgehead atoms. The van der Waals surface area contributed by atoms with Crippen LogP contribution in [-0.4, -0.2) is 66.2 Å². The number of carboxylic acids is 1. The number of rotatable bonds is 5. The molecule has 0 aliphatic heterocycles. The van der Waals surface area contributed by atoms with Crippen LogP contribution in [0.4, 0.5) is 10.5 Å². The number of aromatic carboxylic acids is 1. The Bertz CT molecular complexity index is 502. The minimum absolute atomic E-state index is 0.0403. The molecule has 0 heterocycles. The Morgan fingerprint density at radius 2 is 1.85 bits per heavy atom. The molecular weight excluding hydrogens is 262 g/mol. The summed E-state index contributed by atoms with van der Waals surface area (Å²) in [7, 11) is 5.45. The first kappa shape index (κ1) is 15.8. The van der Waals surface area contributed by atoms with Gasteiger partial charge in [0.2, 0.25) is 0 Å². The summed E-state index contributed by atoms with van der Waals surface area (Å²) < 4.78 is 0. The Morgan fingerprint density at radius 3 is 2.35 bits per heavy atom. The highest BCUT2D eigenvalue weighted by molar-refractivity contribution is 5.93. The molecule has 0 spiro atoms. The van der Waals surface area contributed by atoms with Gasteiger partial charge in [-0.2, -0.15) is 0 Å². The predicted molar refractivity (Wildman–Crippen MR) is 75.3 cm³/mol. The molecule has 7 nitrogen and oxygen atoms in total. The van der Waals surface area contributed by atoms with Gasteiger partial charge < -0.3 is 25.3 Å². The zero-order valence-corrected chi connectivity index (χ0v) is 11.8. The van der Waals surface area contributed by atoms with Crippen LogP contribution in [0.1, 0.15) is 10.4 Å². The number of anilines is 1. The number of phenols is 1. The zero-order chi connectivity index (χ0) is 15.3. The van der Waals surface area contributed by atoms with Gasteiger partial charge in [-0.1, -0.05) is 0 Å². The van der Waals surface area contributed by atoms with Crippen molar-refractivity contribution in [3.63, 3.8) is 0 Å². The second-order valence-electron chi connectivity index (χ2n) is 4.69. The van der Waals surface area contributed by atoms with Gasteiger partial charge in [-0.25, -0.2) is 9.59 Å². The average molecular weight is 281 g/mol. The molecule has 1 rings (SSSR count). The smallest absolute Gasteiger partial charge is 0.335 e. The van der Waals surface area contributed by atoms with Crippen LogP contribution >= 0.6 is 0 Å². The SMILES string of the molecule is CN(C)CCN(C)C(=O)Nc1ccc(C(=O)O)cc1O. The lowest BCUT2D eigenvalue weighted by molar-refractivity contribution is 0.0696. The number of carboxylic acid groups (broad SMARTS) is 1. The lowest BCUT2D eigenvalue weighted by Crippen LogP contribution is -2.36. The quantitative estimate of drug-likeness (QED) is 0.703. The Kier molecular flexibility index (Phi) is 5.33. The van der Waals surface area contributed by atoms with Crippen molar-refractivity contribution in [2.45, 2.75) is 0 Å². The standard InChI is InChI=1S/C13H19N3O4/c1-15(2)6-7-16(3)13(20)14-10-5-4-9(12(18)19)8-11(10)17/h4-5,8,17H,6-7H2,1-3H3,(H,14,20)(H,18,19). The Balaban J connectivity index is 2.68. The van der Waals surface area contributed by atoms with E-state index in [1.54, 1.807) is 7.05 Å². The van der Waals surface area contributed by atoms with Gasteiger partial charge in [-0.3, -0.25) is 0 Å². The minimum atomic E-state index is -1.14. The molecule has 0 aliphatic rings. The maximum atomic E-state index is 11.9. The third-order valence-electron chi connectivity index (χ3n) is 2.72. The first-order valence-corrected chi connectivity index (χ1v) is 6.04. The summed E-state index contributed by atoms with van der Waals surface area (Å²) >= 11 is 0. The van der Waals surface area contributed by atoms with Gasteiger partial charge >= 0.3 is 12.0 Å². The summed E-state index contributed by atoms with van der Waals surface area (Å²) in [6, 6.07) is 3.40. The fourth-order valence-electron chi connectivity index (χ4n) is 1.43. The van der Waals surface area contributed by atoms with E-state index in [-0.39, 0.29) is 23.0 Å². The number of phenolic OH excluding ortho intramolecular Hbond substituents is 1. The lowest BCUT2D eigenvalue weighted by Gasteiger charge is -2.20. The number of urea groups is 1. The van der Waals surface area contributed by atoms with Crippen LogP contribution in [0.15, 0.2) is 18.2 Å². The lowest BCUT2D eigenvalue weighted by atomic mass is 10.2. The molecular formula is C13H19N3O4. The van der Waals surface area contributed by atoms with Gasteiger partial charge in [-0.05, 0) is 32.3 Å². The van der Waals surface area contributed by atoms with Crippen LogP contribution in [-0.2, 0) is 0 Å². The van der Waals surface area contributed by atoms with Crippen LogP contribution in [0.2, 0.25) is 0 Å². The van der Waals surface area contributed by atoms with Crippen molar-refractivity contribution in [2.24, 2.45) is 0 Å². The number of hydrogen-bond acceptors (Lipinski definition) is 4. The number of likely N-dealkylation sites (N-methyl/N-ethyl adjacent to an activating group) is 2. The van der Waals surface area contributed by atoms with Crippen LogP contribution in [0.3, 0.4) is 0 Å². The highest BCUT2D eigenvalue weighted by atomic mass is 16.4. The second-order valence-corrected chi connectivity index (χ2v) is 4.69. The van der Waals surface area contributed by atoms with Crippen LogP contribution in [0, 0.1) is 0 Å². The molecule has 2 amide bonds. The molecule has 0 aliphatic carbocycles. The first-order chi connectivity index (χ1) is 9.31. The van der Waals surface area contributed by atoms with Crippen molar-refractivity contribution < 1.29 is 19.8 Å². The Morgan fingerprint density at radius 1 is 1.20 bits per heavy atom. The van der Waals surface area contributed by atoms with Gasteiger partial charge in [0.1, 0.15) is 5.75 Å². The fourth-order valence-corrected chi connectivity index (χ4v) is 1.43. The van der Waals surface area contributed by atoms with Crippen molar-refractivity contribution in [3.05, 3.63) is 23.8 Å². The van der Waals surface area contributed by atoms with E-state index in [4.69, 9.17) is 5.11 Å². The molecule has 0 atom stereocenters. The van der Waals surface area contributed by atoms with Crippen molar-refractivity contribution in [2.75, 3.05) is 39.5 Å². The summed E-state index contributed by atoms with van der Waals surface area (Å²) in [4.78, 5) is 26.0. The molecule has 1 aromatic rings. The zero-order valence-electron chi connectivity index (χ0n) is 11.8. The maximum Gasteiger partial charge on any atom is 0.335 e. The van der Waals surface area contributed by atoms with E-state index in [9.17, 15) is 14.7 Å². The molecule has 3 N–H and O–H groups in total. The van der Waals surface area contributed by atoms with Crippen LogP contribution < -0.4 is 5.32 Å². The number of benzene rings is 1. The number of nitrogens with zero attached hydrogens (tertiary/aromatic N) is 2. The number of carbonyl (C=O) groups is 2. The van der Waals surface area contributed by atoms with Crippen molar-refractivity contribution in [1.82, 2.24) is 9.80 Å². The summed E-state index contributed by atoms with van der Waals surface area (Å²) in [6.07, 6.45) is 0. The van der Waals surface area contributed by atoms with Gasteiger partial charge in [0.05, 0.1) is 11.3 Å². The third-order valence-corrected chi connectivity index (χ3v) is 2.72. The number of aromatic hydroxyl groups is 1. The van der Waals surface area contributed by atoms with E-state index in [2.05, 4.69) is 5.32 Å². The summed E-state index contributed by atoms with van der Waals surface area (Å²) in [5.41, 5.74) is 0.137. The number of nitrogens with one attached hydrogen (secondary N) is 1. The highest BCUT2D eigenvalue weighted by Gasteiger charge is 2.13. The van der Waals surface area contributed by atoms with E-state index in [0.717, 1.165) is 6.07 Å². The number of carbonyl (C=O) groups excluding carboxylic acids is 1. The highest BCUT2D eigenvalue weighted by Crippen LogP contribution is 2.24. The molecule has 0 fully saturated rings. The topological polar surface area (TPSA) is 93.1 Å². The molecule has 0 saturated heterocycles.